The molecule has 0 bridgehead atoms. The molecule has 0 amide bonds. The highest BCUT2D eigenvalue weighted by molar-refractivity contribution is 6.30. The van der Waals surface area contributed by atoms with Crippen LogP contribution in [0.4, 0.5) is 0 Å². The first-order valence-electron chi connectivity index (χ1n) is 6.30. The molecule has 1 atom stereocenters. The molecule has 0 fully saturated rings. The van der Waals surface area contributed by atoms with E-state index in [2.05, 4.69) is 4.98 Å². The topological polar surface area (TPSA) is 57.4 Å². The Kier molecular flexibility index (Phi) is 5.35. The van der Waals surface area contributed by atoms with Crippen molar-refractivity contribution in [3.63, 3.8) is 0 Å². The standard InChI is InChI=1S/C15H17ClN2O2/c1-19-8-9-20-14-5-3-2-4-12(14)15(17)13-7-6-11(16)10-18-13/h2-7,10,15H,8-9,17H2,1H3. The predicted molar refractivity (Wildman–Crippen MR) is 79.1 cm³/mol. The first-order chi connectivity index (χ1) is 9.72. The van der Waals surface area contributed by atoms with Crippen LogP contribution in [0, 0.1) is 0 Å². The van der Waals surface area contributed by atoms with Gasteiger partial charge in [-0.1, -0.05) is 29.8 Å². The first kappa shape index (κ1) is 14.8. The van der Waals surface area contributed by atoms with E-state index >= 15 is 0 Å². The molecule has 106 valence electrons. The fourth-order valence-electron chi connectivity index (χ4n) is 1.83. The molecule has 5 heteroatoms. The van der Waals surface area contributed by atoms with E-state index in [0.29, 0.717) is 18.2 Å². The monoisotopic (exact) mass is 292 g/mol. The van der Waals surface area contributed by atoms with Crippen LogP contribution in [0.2, 0.25) is 5.02 Å². The molecule has 0 aliphatic rings. The van der Waals surface area contributed by atoms with Crippen molar-refractivity contribution in [1.29, 1.82) is 0 Å². The fraction of sp³-hybridized carbons (Fsp3) is 0.267. The molecule has 2 rings (SSSR count). The number of para-hydroxylation sites is 1. The van der Waals surface area contributed by atoms with E-state index < -0.39 is 0 Å². The van der Waals surface area contributed by atoms with Gasteiger partial charge in [0.05, 0.1) is 23.4 Å². The van der Waals surface area contributed by atoms with Gasteiger partial charge in [0.25, 0.3) is 0 Å². The minimum Gasteiger partial charge on any atom is -0.491 e. The number of hydrogen-bond donors (Lipinski definition) is 1. The molecule has 0 saturated carbocycles. The second-order valence-electron chi connectivity index (χ2n) is 4.26. The highest BCUT2D eigenvalue weighted by Gasteiger charge is 2.15. The lowest BCUT2D eigenvalue weighted by Crippen LogP contribution is -2.15. The minimum atomic E-state index is -0.356. The van der Waals surface area contributed by atoms with Crippen molar-refractivity contribution in [3.8, 4) is 5.75 Å². The van der Waals surface area contributed by atoms with Crippen LogP contribution in [0.15, 0.2) is 42.6 Å². The van der Waals surface area contributed by atoms with E-state index in [1.807, 2.05) is 30.3 Å². The smallest absolute Gasteiger partial charge is 0.124 e. The van der Waals surface area contributed by atoms with Crippen molar-refractivity contribution in [2.45, 2.75) is 6.04 Å². The maximum absolute atomic E-state index is 6.25. The molecular weight excluding hydrogens is 276 g/mol. The summed E-state index contributed by atoms with van der Waals surface area (Å²) >= 11 is 5.84. The number of hydrogen-bond acceptors (Lipinski definition) is 4. The zero-order valence-corrected chi connectivity index (χ0v) is 12.0. The van der Waals surface area contributed by atoms with Crippen LogP contribution in [0.5, 0.6) is 5.75 Å². The molecule has 1 aromatic heterocycles. The van der Waals surface area contributed by atoms with E-state index in [0.717, 1.165) is 17.0 Å². The van der Waals surface area contributed by atoms with Gasteiger partial charge in [0.1, 0.15) is 12.4 Å². The maximum atomic E-state index is 6.25. The van der Waals surface area contributed by atoms with Crippen LogP contribution < -0.4 is 10.5 Å². The number of nitrogens with two attached hydrogens (primary N) is 1. The Balaban J connectivity index is 2.20. The van der Waals surface area contributed by atoms with E-state index in [-0.39, 0.29) is 6.04 Å². The molecule has 0 spiro atoms. The largest absolute Gasteiger partial charge is 0.491 e. The Morgan fingerprint density at radius 3 is 2.70 bits per heavy atom. The molecule has 4 nitrogen and oxygen atoms in total. The molecule has 2 N–H and O–H groups in total. The van der Waals surface area contributed by atoms with Crippen molar-refractivity contribution in [3.05, 3.63) is 58.9 Å². The summed E-state index contributed by atoms with van der Waals surface area (Å²) in [5.41, 5.74) is 7.89. The molecule has 1 unspecified atom stereocenters. The Morgan fingerprint density at radius 2 is 2.00 bits per heavy atom. The summed E-state index contributed by atoms with van der Waals surface area (Å²) in [4.78, 5) is 4.25. The zero-order chi connectivity index (χ0) is 14.4. The van der Waals surface area contributed by atoms with Gasteiger partial charge in [0, 0.05) is 18.9 Å². The maximum Gasteiger partial charge on any atom is 0.124 e. The number of nitrogens with zero attached hydrogens (tertiary/aromatic N) is 1. The summed E-state index contributed by atoms with van der Waals surface area (Å²) < 4.78 is 10.7. The summed E-state index contributed by atoms with van der Waals surface area (Å²) in [5, 5.41) is 0.588. The van der Waals surface area contributed by atoms with E-state index in [1.54, 1.807) is 19.4 Å². The van der Waals surface area contributed by atoms with E-state index in [9.17, 15) is 0 Å². The van der Waals surface area contributed by atoms with E-state index in [4.69, 9.17) is 26.8 Å². The van der Waals surface area contributed by atoms with Gasteiger partial charge in [0.15, 0.2) is 0 Å². The van der Waals surface area contributed by atoms with Crippen molar-refractivity contribution in [2.24, 2.45) is 5.73 Å². The van der Waals surface area contributed by atoms with Crippen molar-refractivity contribution < 1.29 is 9.47 Å². The molecule has 0 aliphatic heterocycles. The van der Waals surface area contributed by atoms with Gasteiger partial charge >= 0.3 is 0 Å². The molecule has 1 aromatic carbocycles. The third-order valence-corrected chi connectivity index (χ3v) is 3.09. The quantitative estimate of drug-likeness (QED) is 0.832. The predicted octanol–water partition coefficient (Wildman–Crippen LogP) is 2.81. The number of methoxy groups -OCH3 is 1. The van der Waals surface area contributed by atoms with Gasteiger partial charge in [0.2, 0.25) is 0 Å². The Morgan fingerprint density at radius 1 is 1.20 bits per heavy atom. The second kappa shape index (κ2) is 7.24. The highest BCUT2D eigenvalue weighted by atomic mass is 35.5. The normalized spacial score (nSPS) is 12.2. The first-order valence-corrected chi connectivity index (χ1v) is 6.68. The third kappa shape index (κ3) is 3.70. The number of ether oxygens (including phenoxy) is 2. The lowest BCUT2D eigenvalue weighted by atomic mass is 10.0. The lowest BCUT2D eigenvalue weighted by molar-refractivity contribution is 0.145. The summed E-state index contributed by atoms with van der Waals surface area (Å²) in [7, 11) is 1.64. The Hall–Kier alpha value is -1.62. The molecular formula is C15H17ClN2O2. The second-order valence-corrected chi connectivity index (χ2v) is 4.69. The van der Waals surface area contributed by atoms with Crippen LogP contribution in [0.3, 0.4) is 0 Å². The van der Waals surface area contributed by atoms with Gasteiger partial charge in [-0.2, -0.15) is 0 Å². The average molecular weight is 293 g/mol. The Bertz CT molecular complexity index is 546. The molecule has 2 aromatic rings. The van der Waals surface area contributed by atoms with Crippen molar-refractivity contribution in [2.75, 3.05) is 20.3 Å². The number of aromatic nitrogens is 1. The van der Waals surface area contributed by atoms with Crippen LogP contribution in [0.25, 0.3) is 0 Å². The molecule has 0 aliphatic carbocycles. The minimum absolute atomic E-state index is 0.356. The highest BCUT2D eigenvalue weighted by Crippen LogP contribution is 2.27. The number of rotatable bonds is 6. The SMILES string of the molecule is COCCOc1ccccc1C(N)c1ccc(Cl)cn1. The van der Waals surface area contributed by atoms with Gasteiger partial charge in [-0.25, -0.2) is 0 Å². The Labute approximate surface area is 123 Å². The zero-order valence-electron chi connectivity index (χ0n) is 11.3. The lowest BCUT2D eigenvalue weighted by Gasteiger charge is -2.16. The van der Waals surface area contributed by atoms with Crippen LogP contribution in [0.1, 0.15) is 17.3 Å². The number of pyridine rings is 1. The summed E-state index contributed by atoms with van der Waals surface area (Å²) in [6.07, 6.45) is 1.59. The molecule has 0 radical (unpaired) electrons. The number of benzene rings is 1. The van der Waals surface area contributed by atoms with Gasteiger partial charge < -0.3 is 15.2 Å². The summed E-state index contributed by atoms with van der Waals surface area (Å²) in [6.45, 7) is 1.01. The molecule has 20 heavy (non-hydrogen) atoms. The van der Waals surface area contributed by atoms with Crippen LogP contribution >= 0.6 is 11.6 Å². The molecule has 0 saturated heterocycles. The van der Waals surface area contributed by atoms with Gasteiger partial charge in [-0.3, -0.25) is 4.98 Å². The number of halogens is 1. The summed E-state index contributed by atoms with van der Waals surface area (Å²) in [5.74, 6) is 0.744. The third-order valence-electron chi connectivity index (χ3n) is 2.87. The van der Waals surface area contributed by atoms with E-state index in [1.165, 1.54) is 0 Å². The average Bonchev–Trinajstić information content (AvgIpc) is 2.48. The fourth-order valence-corrected chi connectivity index (χ4v) is 1.95. The van der Waals surface area contributed by atoms with Crippen molar-refractivity contribution in [1.82, 2.24) is 4.98 Å². The molecule has 1 heterocycles. The summed E-state index contributed by atoms with van der Waals surface area (Å²) in [6, 6.07) is 10.9. The van der Waals surface area contributed by atoms with Gasteiger partial charge in [-0.15, -0.1) is 0 Å². The van der Waals surface area contributed by atoms with Crippen LogP contribution in [-0.2, 0) is 4.74 Å². The van der Waals surface area contributed by atoms with Crippen molar-refractivity contribution >= 4 is 11.6 Å². The van der Waals surface area contributed by atoms with Gasteiger partial charge in [-0.05, 0) is 18.2 Å². The van der Waals surface area contributed by atoms with Crippen LogP contribution in [-0.4, -0.2) is 25.3 Å².